The molecule has 1 aliphatic heterocycles. The number of amides is 2. The Hall–Kier alpha value is -2.80. The second-order valence-corrected chi connectivity index (χ2v) is 7.59. The van der Waals surface area contributed by atoms with E-state index in [-0.39, 0.29) is 13.2 Å². The molecule has 1 atom stereocenters. The van der Waals surface area contributed by atoms with E-state index in [1.165, 1.54) is 11.8 Å². The fraction of sp³-hybridized carbons (Fsp3) is 0.318. The molecule has 1 unspecified atom stereocenters. The van der Waals surface area contributed by atoms with Crippen LogP contribution in [0.25, 0.3) is 0 Å². The van der Waals surface area contributed by atoms with Crippen molar-refractivity contribution < 1.29 is 23.9 Å². The van der Waals surface area contributed by atoms with Crippen LogP contribution in [0.4, 0.5) is 0 Å². The number of esters is 1. The molecule has 2 amide bonds. The van der Waals surface area contributed by atoms with Crippen LogP contribution in [-0.4, -0.2) is 53.9 Å². The molecular formula is C22H23NO5S. The molecule has 1 aliphatic rings. The summed E-state index contributed by atoms with van der Waals surface area (Å²) in [6.45, 7) is 2.15. The van der Waals surface area contributed by atoms with E-state index in [0.29, 0.717) is 23.3 Å². The first-order chi connectivity index (χ1) is 14.0. The number of thioether (sulfide) groups is 1. The predicted molar refractivity (Wildman–Crippen MR) is 111 cm³/mol. The van der Waals surface area contributed by atoms with Crippen LogP contribution in [0.15, 0.2) is 48.5 Å². The average Bonchev–Trinajstić information content (AvgIpc) is 2.98. The molecule has 0 bridgehead atoms. The minimum Gasteiger partial charge on any atom is -0.490 e. The molecule has 152 valence electrons. The molecule has 3 rings (SSSR count). The zero-order valence-electron chi connectivity index (χ0n) is 16.4. The Morgan fingerprint density at radius 3 is 2.24 bits per heavy atom. The topological polar surface area (TPSA) is 72.9 Å². The minimum absolute atomic E-state index is 0.0338. The maximum Gasteiger partial charge on any atom is 0.329 e. The van der Waals surface area contributed by atoms with Crippen molar-refractivity contribution >= 4 is 29.5 Å². The Kier molecular flexibility index (Phi) is 6.93. The maximum atomic E-state index is 12.7. The van der Waals surface area contributed by atoms with Crippen molar-refractivity contribution in [2.75, 3.05) is 25.2 Å². The van der Waals surface area contributed by atoms with Crippen LogP contribution >= 0.6 is 11.8 Å². The van der Waals surface area contributed by atoms with Gasteiger partial charge in [-0.3, -0.25) is 14.5 Å². The molecule has 0 aliphatic carbocycles. The molecule has 0 radical (unpaired) electrons. The van der Waals surface area contributed by atoms with Crippen LogP contribution in [-0.2, 0) is 9.53 Å². The Morgan fingerprint density at radius 2 is 1.62 bits per heavy atom. The number of rotatable bonds is 9. The number of imide groups is 1. The fourth-order valence-electron chi connectivity index (χ4n) is 3.18. The Bertz CT molecular complexity index is 879. The third kappa shape index (κ3) is 4.62. The van der Waals surface area contributed by atoms with Gasteiger partial charge in [0.25, 0.3) is 11.8 Å². The lowest BCUT2D eigenvalue weighted by Crippen LogP contribution is -2.46. The lowest BCUT2D eigenvalue weighted by atomic mass is 10.1. The summed E-state index contributed by atoms with van der Waals surface area (Å²) in [6.07, 6.45) is 2.24. The van der Waals surface area contributed by atoms with Crippen LogP contribution in [0.5, 0.6) is 5.75 Å². The molecular weight excluding hydrogens is 390 g/mol. The molecule has 7 heteroatoms. The van der Waals surface area contributed by atoms with Crippen molar-refractivity contribution in [3.63, 3.8) is 0 Å². The first-order valence-corrected chi connectivity index (χ1v) is 10.7. The number of carbonyl (C=O) groups excluding carboxylic acids is 3. The lowest BCUT2D eigenvalue weighted by molar-refractivity contribution is -0.149. The van der Waals surface area contributed by atoms with Crippen LogP contribution in [0.2, 0.25) is 0 Å². The summed E-state index contributed by atoms with van der Waals surface area (Å²) >= 11 is 1.54. The van der Waals surface area contributed by atoms with E-state index >= 15 is 0 Å². The van der Waals surface area contributed by atoms with Gasteiger partial charge in [-0.15, -0.1) is 0 Å². The van der Waals surface area contributed by atoms with Crippen molar-refractivity contribution in [2.45, 2.75) is 19.4 Å². The highest BCUT2D eigenvalue weighted by atomic mass is 32.2. The monoisotopic (exact) mass is 413 g/mol. The van der Waals surface area contributed by atoms with Gasteiger partial charge in [-0.25, -0.2) is 4.79 Å². The molecule has 2 aromatic carbocycles. The molecule has 2 aromatic rings. The first-order valence-electron chi connectivity index (χ1n) is 9.35. The van der Waals surface area contributed by atoms with E-state index in [2.05, 4.69) is 0 Å². The summed E-state index contributed by atoms with van der Waals surface area (Å²) < 4.78 is 11.0. The van der Waals surface area contributed by atoms with Gasteiger partial charge in [0, 0.05) is 0 Å². The third-order valence-corrected chi connectivity index (χ3v) is 5.33. The largest absolute Gasteiger partial charge is 0.490 e. The van der Waals surface area contributed by atoms with Gasteiger partial charge >= 0.3 is 5.97 Å². The third-order valence-electron chi connectivity index (χ3n) is 4.68. The molecule has 29 heavy (non-hydrogen) atoms. The van der Waals surface area contributed by atoms with Crippen molar-refractivity contribution in [2.24, 2.45) is 0 Å². The Morgan fingerprint density at radius 1 is 1.00 bits per heavy atom. The molecule has 6 nitrogen and oxygen atoms in total. The molecule has 0 saturated heterocycles. The van der Waals surface area contributed by atoms with Crippen molar-refractivity contribution in [1.29, 1.82) is 0 Å². The van der Waals surface area contributed by atoms with E-state index < -0.39 is 23.8 Å². The van der Waals surface area contributed by atoms with Gasteiger partial charge < -0.3 is 9.47 Å². The summed E-state index contributed by atoms with van der Waals surface area (Å²) in [5, 5.41) is 0. The quantitative estimate of drug-likeness (QED) is 0.357. The second-order valence-electron chi connectivity index (χ2n) is 6.60. The summed E-state index contributed by atoms with van der Waals surface area (Å²) in [5.41, 5.74) is 1.63. The first kappa shape index (κ1) is 20.9. The zero-order valence-corrected chi connectivity index (χ0v) is 17.2. The van der Waals surface area contributed by atoms with Crippen LogP contribution < -0.4 is 4.74 Å². The number of benzene rings is 2. The number of aryl methyl sites for hydroxylation is 1. The van der Waals surface area contributed by atoms with Crippen molar-refractivity contribution in [3.05, 3.63) is 65.2 Å². The van der Waals surface area contributed by atoms with Crippen molar-refractivity contribution in [3.8, 4) is 5.75 Å². The van der Waals surface area contributed by atoms with Crippen LogP contribution in [0.1, 0.15) is 32.7 Å². The molecule has 0 fully saturated rings. The van der Waals surface area contributed by atoms with Gasteiger partial charge in [-0.05, 0) is 49.1 Å². The highest BCUT2D eigenvalue weighted by Gasteiger charge is 2.43. The van der Waals surface area contributed by atoms with Gasteiger partial charge in [-0.1, -0.05) is 30.3 Å². The summed E-state index contributed by atoms with van der Waals surface area (Å²) in [7, 11) is 0. The normalized spacial score (nSPS) is 13.9. The van der Waals surface area contributed by atoms with E-state index in [4.69, 9.17) is 9.47 Å². The summed E-state index contributed by atoms with van der Waals surface area (Å²) in [5.74, 6) is -0.160. The number of para-hydroxylation sites is 1. The smallest absolute Gasteiger partial charge is 0.329 e. The number of carbonyl (C=O) groups is 3. The standard InChI is InChI=1S/C22H23NO5S/c1-15-7-3-6-10-19(15)27-12-13-28-22(26)18(11-14-29-2)23-20(24)16-8-4-5-9-17(16)21(23)25/h3-10,18H,11-14H2,1-2H3. The van der Waals surface area contributed by atoms with E-state index in [9.17, 15) is 14.4 Å². The highest BCUT2D eigenvalue weighted by molar-refractivity contribution is 7.98. The molecule has 0 saturated carbocycles. The number of hydrogen-bond acceptors (Lipinski definition) is 6. The van der Waals surface area contributed by atoms with Gasteiger partial charge in [0.2, 0.25) is 0 Å². The van der Waals surface area contributed by atoms with Gasteiger partial charge in [-0.2, -0.15) is 11.8 Å². The molecule has 0 spiro atoms. The zero-order chi connectivity index (χ0) is 20.8. The van der Waals surface area contributed by atoms with E-state index in [1.807, 2.05) is 37.4 Å². The highest BCUT2D eigenvalue weighted by Crippen LogP contribution is 2.26. The average molecular weight is 413 g/mol. The van der Waals surface area contributed by atoms with Gasteiger partial charge in [0.1, 0.15) is 25.0 Å². The number of fused-ring (bicyclic) bond motifs is 1. The number of hydrogen-bond donors (Lipinski definition) is 0. The minimum atomic E-state index is -0.951. The van der Waals surface area contributed by atoms with Crippen molar-refractivity contribution in [1.82, 2.24) is 4.90 Å². The summed E-state index contributed by atoms with van der Waals surface area (Å²) in [4.78, 5) is 39.2. The second kappa shape index (κ2) is 9.60. The van der Waals surface area contributed by atoms with Crippen LogP contribution in [0, 0.1) is 6.92 Å². The fourth-order valence-corrected chi connectivity index (χ4v) is 3.64. The SMILES string of the molecule is CSCCC(C(=O)OCCOc1ccccc1C)N1C(=O)c2ccccc2C1=O. The molecule has 0 N–H and O–H groups in total. The van der Waals surface area contributed by atoms with Crippen LogP contribution in [0.3, 0.4) is 0 Å². The lowest BCUT2D eigenvalue weighted by Gasteiger charge is -2.24. The molecule has 0 aromatic heterocycles. The Labute approximate surface area is 174 Å². The number of ether oxygens (including phenoxy) is 2. The molecule has 1 heterocycles. The number of nitrogens with zero attached hydrogens (tertiary/aromatic N) is 1. The summed E-state index contributed by atoms with van der Waals surface area (Å²) in [6, 6.07) is 13.2. The van der Waals surface area contributed by atoms with E-state index in [1.54, 1.807) is 24.3 Å². The van der Waals surface area contributed by atoms with Gasteiger partial charge in [0.15, 0.2) is 0 Å². The van der Waals surface area contributed by atoms with Gasteiger partial charge in [0.05, 0.1) is 11.1 Å². The van der Waals surface area contributed by atoms with E-state index in [0.717, 1.165) is 16.2 Å². The maximum absolute atomic E-state index is 12.7. The Balaban J connectivity index is 1.64. The predicted octanol–water partition coefficient (Wildman–Crippen LogP) is 3.33.